The molecule has 0 aliphatic heterocycles. The Morgan fingerprint density at radius 3 is 1.72 bits per heavy atom. The van der Waals surface area contributed by atoms with Gasteiger partial charge >= 0.3 is 5.97 Å². The van der Waals surface area contributed by atoms with Crippen molar-refractivity contribution in [2.75, 3.05) is 0 Å². The molecular weight excluding hydrogens is 604 g/mol. The van der Waals surface area contributed by atoms with Crippen molar-refractivity contribution in [3.8, 4) is 45.2 Å². The monoisotopic (exact) mass is 629 g/mol. The minimum atomic E-state index is -1.22. The van der Waals surface area contributed by atoms with Gasteiger partial charge in [-0.15, -0.1) is 0 Å². The van der Waals surface area contributed by atoms with Crippen LogP contribution in [0.2, 0.25) is 0 Å². The molecule has 0 fully saturated rings. The van der Waals surface area contributed by atoms with Gasteiger partial charge in [0.2, 0.25) is 0 Å². The minimum absolute atomic E-state index is 0.158. The fourth-order valence-electron chi connectivity index (χ4n) is 5.05. The zero-order valence-corrected chi connectivity index (χ0v) is 24.2. The van der Waals surface area contributed by atoms with E-state index in [1.165, 1.54) is 36.4 Å². The van der Waals surface area contributed by atoms with Gasteiger partial charge in [-0.05, 0) is 101 Å². The summed E-state index contributed by atoms with van der Waals surface area (Å²) in [6, 6.07) is 22.2. The largest absolute Gasteiger partial charge is 0.427 e. The Labute approximate surface area is 261 Å². The predicted octanol–water partition coefficient (Wildman–Crippen LogP) is 10.1. The van der Waals surface area contributed by atoms with Gasteiger partial charge in [-0.1, -0.05) is 48.9 Å². The van der Waals surface area contributed by atoms with Gasteiger partial charge in [0.15, 0.2) is 11.6 Å². The number of halogens is 6. The first kappa shape index (κ1) is 32.0. The van der Waals surface area contributed by atoms with Crippen molar-refractivity contribution >= 4 is 5.97 Å². The summed E-state index contributed by atoms with van der Waals surface area (Å²) in [4.78, 5) is 12.3. The van der Waals surface area contributed by atoms with Crippen LogP contribution in [0.5, 0.6) is 5.75 Å². The summed E-state index contributed by atoms with van der Waals surface area (Å²) in [5, 5.41) is 8.82. The van der Waals surface area contributed by atoms with E-state index >= 15 is 0 Å². The first-order valence-electron chi connectivity index (χ1n) is 14.4. The molecule has 0 spiro atoms. The Morgan fingerprint density at radius 2 is 1.11 bits per heavy atom. The molecule has 0 radical (unpaired) electrons. The Balaban J connectivity index is 1.10. The molecule has 0 aliphatic carbocycles. The lowest BCUT2D eigenvalue weighted by atomic mass is 9.97. The van der Waals surface area contributed by atoms with E-state index in [1.807, 2.05) is 24.3 Å². The SMILES string of the molecule is N#Cc1c(F)cc(-c2c(F)cc(-c3ccc(OC(=O)CCCCCc4ccc(-c5ccc(F)c(F)c5)cc4)cc3)cc2F)cc1F. The number of aryl methyl sites for hydroxylation is 1. The van der Waals surface area contributed by atoms with E-state index in [0.717, 1.165) is 54.7 Å². The first-order valence-corrected chi connectivity index (χ1v) is 14.4. The highest BCUT2D eigenvalue weighted by atomic mass is 19.2. The lowest BCUT2D eigenvalue weighted by Crippen LogP contribution is -2.07. The third kappa shape index (κ3) is 7.46. The number of carbonyl (C=O) groups excluding carboxylic acids is 1. The van der Waals surface area contributed by atoms with Gasteiger partial charge in [0.05, 0.1) is 5.56 Å². The van der Waals surface area contributed by atoms with Crippen molar-refractivity contribution in [2.24, 2.45) is 0 Å². The smallest absolute Gasteiger partial charge is 0.311 e. The van der Waals surface area contributed by atoms with Gasteiger partial charge in [0.1, 0.15) is 40.7 Å². The van der Waals surface area contributed by atoms with Crippen LogP contribution in [-0.2, 0) is 11.2 Å². The number of carbonyl (C=O) groups is 1. The highest BCUT2D eigenvalue weighted by Gasteiger charge is 2.19. The molecule has 0 atom stereocenters. The average molecular weight is 630 g/mol. The third-order valence-corrected chi connectivity index (χ3v) is 7.46. The van der Waals surface area contributed by atoms with Crippen LogP contribution in [0, 0.1) is 46.2 Å². The van der Waals surface area contributed by atoms with Gasteiger partial charge in [-0.3, -0.25) is 4.79 Å². The quantitative estimate of drug-likeness (QED) is 0.0669. The zero-order chi connectivity index (χ0) is 32.8. The number of nitrogens with zero attached hydrogens (tertiary/aromatic N) is 1. The molecule has 3 nitrogen and oxygen atoms in total. The van der Waals surface area contributed by atoms with Crippen LogP contribution in [0.25, 0.3) is 33.4 Å². The topological polar surface area (TPSA) is 50.1 Å². The van der Waals surface area contributed by atoms with Crippen molar-refractivity contribution in [2.45, 2.75) is 32.1 Å². The minimum Gasteiger partial charge on any atom is -0.427 e. The molecule has 5 aromatic carbocycles. The van der Waals surface area contributed by atoms with Gasteiger partial charge < -0.3 is 4.74 Å². The molecule has 0 aromatic heterocycles. The van der Waals surface area contributed by atoms with Crippen LogP contribution in [0.1, 0.15) is 36.8 Å². The van der Waals surface area contributed by atoms with Crippen molar-refractivity contribution in [1.29, 1.82) is 5.26 Å². The van der Waals surface area contributed by atoms with Gasteiger partial charge in [-0.25, -0.2) is 26.3 Å². The Kier molecular flexibility index (Phi) is 9.87. The maximum atomic E-state index is 14.9. The van der Waals surface area contributed by atoms with Crippen LogP contribution in [0.4, 0.5) is 26.3 Å². The number of benzene rings is 5. The highest BCUT2D eigenvalue weighted by Crippen LogP contribution is 2.33. The number of nitriles is 1. The van der Waals surface area contributed by atoms with E-state index < -0.39 is 52.0 Å². The molecule has 0 amide bonds. The van der Waals surface area contributed by atoms with E-state index in [-0.39, 0.29) is 23.3 Å². The highest BCUT2D eigenvalue weighted by molar-refractivity contribution is 5.74. The number of esters is 1. The van der Waals surface area contributed by atoms with Crippen molar-refractivity contribution < 1.29 is 35.9 Å². The lowest BCUT2D eigenvalue weighted by Gasteiger charge is -2.11. The molecule has 0 bridgehead atoms. The molecule has 5 rings (SSSR count). The van der Waals surface area contributed by atoms with Crippen LogP contribution in [-0.4, -0.2) is 5.97 Å². The van der Waals surface area contributed by atoms with Gasteiger partial charge in [0.25, 0.3) is 0 Å². The standard InChI is InChI=1S/C37H25F6NO2/c38-30-15-12-25(16-33(30)41)23-8-6-22(7-9-23)4-2-1-3-5-36(45)46-28-13-10-24(11-14-28)26-17-34(42)37(35(43)18-26)27-19-31(39)29(21-44)32(40)20-27/h6-20H,1-5H2. The molecule has 0 heterocycles. The Morgan fingerprint density at radius 1 is 0.565 bits per heavy atom. The van der Waals surface area contributed by atoms with E-state index in [0.29, 0.717) is 29.7 Å². The number of rotatable bonds is 10. The fourth-order valence-corrected chi connectivity index (χ4v) is 5.05. The molecule has 232 valence electrons. The summed E-state index contributed by atoms with van der Waals surface area (Å²) in [5.74, 6) is -6.49. The lowest BCUT2D eigenvalue weighted by molar-refractivity contribution is -0.134. The van der Waals surface area contributed by atoms with E-state index in [4.69, 9.17) is 10.00 Å². The summed E-state index contributed by atoms with van der Waals surface area (Å²) >= 11 is 0. The Hall–Kier alpha value is -5.36. The number of ether oxygens (including phenoxy) is 1. The summed E-state index contributed by atoms with van der Waals surface area (Å²) < 4.78 is 89.9. The van der Waals surface area contributed by atoms with Gasteiger partial charge in [-0.2, -0.15) is 5.26 Å². The maximum Gasteiger partial charge on any atom is 0.311 e. The fraction of sp³-hybridized carbons (Fsp3) is 0.135. The molecular formula is C37H25F6NO2. The maximum absolute atomic E-state index is 14.9. The first-order chi connectivity index (χ1) is 22.1. The molecule has 0 unspecified atom stereocenters. The average Bonchev–Trinajstić information content (AvgIpc) is 3.02. The summed E-state index contributed by atoms with van der Waals surface area (Å²) in [6.45, 7) is 0. The second-order valence-corrected chi connectivity index (χ2v) is 10.6. The number of unbranched alkanes of at least 4 members (excludes halogenated alkanes) is 2. The molecule has 0 saturated heterocycles. The molecule has 0 aliphatic rings. The van der Waals surface area contributed by atoms with Gasteiger partial charge in [0, 0.05) is 6.42 Å². The Bertz CT molecular complexity index is 1890. The van der Waals surface area contributed by atoms with Crippen LogP contribution < -0.4 is 4.74 Å². The van der Waals surface area contributed by atoms with E-state index in [1.54, 1.807) is 0 Å². The predicted molar refractivity (Wildman–Crippen MR) is 161 cm³/mol. The summed E-state index contributed by atoms with van der Waals surface area (Å²) in [7, 11) is 0. The van der Waals surface area contributed by atoms with Crippen molar-refractivity contribution in [1.82, 2.24) is 0 Å². The molecule has 46 heavy (non-hydrogen) atoms. The molecule has 9 heteroatoms. The summed E-state index contributed by atoms with van der Waals surface area (Å²) in [6.07, 6.45) is 3.23. The number of hydrogen-bond donors (Lipinski definition) is 0. The van der Waals surface area contributed by atoms with Crippen LogP contribution in [0.3, 0.4) is 0 Å². The molecule has 0 saturated carbocycles. The molecule has 5 aromatic rings. The zero-order valence-electron chi connectivity index (χ0n) is 24.2. The van der Waals surface area contributed by atoms with Crippen molar-refractivity contribution in [3.05, 3.63) is 137 Å². The molecule has 0 N–H and O–H groups in total. The van der Waals surface area contributed by atoms with E-state index in [2.05, 4.69) is 0 Å². The third-order valence-electron chi connectivity index (χ3n) is 7.46. The normalized spacial score (nSPS) is 10.9. The van der Waals surface area contributed by atoms with Crippen molar-refractivity contribution in [3.63, 3.8) is 0 Å². The van der Waals surface area contributed by atoms with Crippen LogP contribution in [0.15, 0.2) is 91.0 Å². The number of hydrogen-bond acceptors (Lipinski definition) is 3. The second-order valence-electron chi connectivity index (χ2n) is 10.6. The van der Waals surface area contributed by atoms with Crippen LogP contribution >= 0.6 is 0 Å². The second kappa shape index (κ2) is 14.2. The van der Waals surface area contributed by atoms with E-state index in [9.17, 15) is 31.1 Å². The summed E-state index contributed by atoms with van der Waals surface area (Å²) in [5.41, 5.74) is 1.18.